The fraction of sp³-hybridized carbons (Fsp3) is 0.462. The average molecular weight is 252 g/mol. The zero-order valence-corrected chi connectivity index (χ0v) is 10.5. The molecule has 1 aromatic rings. The van der Waals surface area contributed by atoms with Crippen molar-refractivity contribution in [2.24, 2.45) is 0 Å². The highest BCUT2D eigenvalue weighted by Crippen LogP contribution is 2.18. The summed E-state index contributed by atoms with van der Waals surface area (Å²) < 4.78 is 0. The molecule has 5 heteroatoms. The normalized spacial score (nSPS) is 13.9. The van der Waals surface area contributed by atoms with Gasteiger partial charge in [0, 0.05) is 12.1 Å². The fourth-order valence-corrected chi connectivity index (χ4v) is 1.66. The monoisotopic (exact) mass is 252 g/mol. The molecule has 1 rings (SSSR count). The minimum absolute atomic E-state index is 0.175. The Hall–Kier alpha value is -1.59. The van der Waals surface area contributed by atoms with Gasteiger partial charge in [0.2, 0.25) is 5.91 Å². The van der Waals surface area contributed by atoms with Crippen LogP contribution in [0.25, 0.3) is 0 Å². The second-order valence-corrected chi connectivity index (χ2v) is 4.22. The van der Waals surface area contributed by atoms with Crippen molar-refractivity contribution in [2.75, 3.05) is 12.3 Å². The third-order valence-electron chi connectivity index (χ3n) is 2.68. The molecule has 5 nitrogen and oxygen atoms in total. The lowest BCUT2D eigenvalue weighted by Crippen LogP contribution is -2.41. The van der Waals surface area contributed by atoms with Crippen LogP contribution in [0.5, 0.6) is 0 Å². The number of hydrogen-bond donors (Lipinski definition) is 4. The molecular formula is C13H20N2O3. The van der Waals surface area contributed by atoms with Crippen molar-refractivity contribution in [1.29, 1.82) is 0 Å². The number of nitrogens with one attached hydrogen (secondary N) is 1. The topological polar surface area (TPSA) is 95.6 Å². The summed E-state index contributed by atoms with van der Waals surface area (Å²) in [5.41, 5.74) is 6.76. The van der Waals surface area contributed by atoms with Crippen LogP contribution in [0.1, 0.15) is 31.4 Å². The van der Waals surface area contributed by atoms with Crippen LogP contribution in [-0.2, 0) is 4.79 Å². The first-order chi connectivity index (χ1) is 8.58. The van der Waals surface area contributed by atoms with Gasteiger partial charge < -0.3 is 21.3 Å². The van der Waals surface area contributed by atoms with Crippen LogP contribution in [-0.4, -0.2) is 28.8 Å². The highest BCUT2D eigenvalue weighted by atomic mass is 16.3. The number of anilines is 1. The molecule has 1 aromatic carbocycles. The van der Waals surface area contributed by atoms with E-state index in [1.165, 1.54) is 0 Å². The van der Waals surface area contributed by atoms with E-state index in [4.69, 9.17) is 5.73 Å². The van der Waals surface area contributed by atoms with Gasteiger partial charge in [-0.2, -0.15) is 0 Å². The molecule has 0 radical (unpaired) electrons. The molecule has 0 aliphatic heterocycles. The summed E-state index contributed by atoms with van der Waals surface area (Å²) in [5.74, 6) is -0.175. The Morgan fingerprint density at radius 1 is 1.39 bits per heavy atom. The van der Waals surface area contributed by atoms with Gasteiger partial charge in [0.1, 0.15) is 6.10 Å². The zero-order valence-electron chi connectivity index (χ0n) is 10.5. The van der Waals surface area contributed by atoms with E-state index in [-0.39, 0.29) is 12.5 Å². The standard InChI is InChI=1S/C13H20N2O3/c1-2-3-12(17)15-11(8-16)13(18)9-4-6-10(14)7-5-9/h4-7,11,13,16,18H,2-3,8,14H2,1H3,(H,15,17). The zero-order chi connectivity index (χ0) is 13.5. The first-order valence-electron chi connectivity index (χ1n) is 6.02. The van der Waals surface area contributed by atoms with Gasteiger partial charge in [0.25, 0.3) is 0 Å². The Morgan fingerprint density at radius 2 is 2.00 bits per heavy atom. The van der Waals surface area contributed by atoms with Gasteiger partial charge in [0.15, 0.2) is 0 Å². The van der Waals surface area contributed by atoms with Crippen LogP contribution in [0, 0.1) is 0 Å². The number of carbonyl (C=O) groups excluding carboxylic acids is 1. The molecule has 0 saturated heterocycles. The number of aliphatic hydroxyl groups is 2. The second-order valence-electron chi connectivity index (χ2n) is 4.22. The summed E-state index contributed by atoms with van der Waals surface area (Å²) >= 11 is 0. The van der Waals surface area contributed by atoms with Crippen molar-refractivity contribution >= 4 is 11.6 Å². The van der Waals surface area contributed by atoms with Crippen molar-refractivity contribution in [3.63, 3.8) is 0 Å². The lowest BCUT2D eigenvalue weighted by atomic mass is 10.0. The Bertz CT molecular complexity index is 378. The van der Waals surface area contributed by atoms with E-state index in [2.05, 4.69) is 5.32 Å². The molecule has 0 spiro atoms. The lowest BCUT2D eigenvalue weighted by Gasteiger charge is -2.22. The van der Waals surface area contributed by atoms with Crippen LogP contribution in [0.3, 0.4) is 0 Å². The molecule has 100 valence electrons. The number of nitrogens with two attached hydrogens (primary N) is 1. The predicted molar refractivity (Wildman–Crippen MR) is 69.7 cm³/mol. The highest BCUT2D eigenvalue weighted by Gasteiger charge is 2.21. The van der Waals surface area contributed by atoms with Gasteiger partial charge >= 0.3 is 0 Å². The molecule has 0 aromatic heterocycles. The van der Waals surface area contributed by atoms with E-state index in [1.807, 2.05) is 6.92 Å². The first-order valence-corrected chi connectivity index (χ1v) is 6.02. The molecule has 0 saturated carbocycles. The number of amides is 1. The summed E-state index contributed by atoms with van der Waals surface area (Å²) in [7, 11) is 0. The Morgan fingerprint density at radius 3 is 2.50 bits per heavy atom. The number of carbonyl (C=O) groups is 1. The maximum atomic E-state index is 11.4. The molecule has 2 atom stereocenters. The van der Waals surface area contributed by atoms with Crippen molar-refractivity contribution in [2.45, 2.75) is 31.9 Å². The maximum absolute atomic E-state index is 11.4. The number of nitrogen functional groups attached to an aromatic ring is 1. The minimum Gasteiger partial charge on any atom is -0.399 e. The van der Waals surface area contributed by atoms with Crippen LogP contribution in [0.15, 0.2) is 24.3 Å². The van der Waals surface area contributed by atoms with E-state index < -0.39 is 12.1 Å². The van der Waals surface area contributed by atoms with Gasteiger partial charge in [0.05, 0.1) is 12.6 Å². The maximum Gasteiger partial charge on any atom is 0.220 e. The largest absolute Gasteiger partial charge is 0.399 e. The molecule has 0 fully saturated rings. The minimum atomic E-state index is -0.948. The summed E-state index contributed by atoms with van der Waals surface area (Å²) in [5, 5.41) is 21.9. The number of aliphatic hydroxyl groups excluding tert-OH is 2. The van der Waals surface area contributed by atoms with Crippen molar-refractivity contribution in [3.05, 3.63) is 29.8 Å². The summed E-state index contributed by atoms with van der Waals surface area (Å²) in [4.78, 5) is 11.4. The van der Waals surface area contributed by atoms with Gasteiger partial charge in [-0.1, -0.05) is 19.1 Å². The number of rotatable bonds is 6. The van der Waals surface area contributed by atoms with Crippen LogP contribution >= 0.6 is 0 Å². The molecular weight excluding hydrogens is 232 g/mol. The smallest absolute Gasteiger partial charge is 0.220 e. The summed E-state index contributed by atoms with van der Waals surface area (Å²) in [6, 6.07) is 5.98. The highest BCUT2D eigenvalue weighted by molar-refractivity contribution is 5.76. The summed E-state index contributed by atoms with van der Waals surface area (Å²) in [6.07, 6.45) is 0.156. The van der Waals surface area contributed by atoms with E-state index in [1.54, 1.807) is 24.3 Å². The molecule has 1 amide bonds. The quantitative estimate of drug-likeness (QED) is 0.557. The number of hydrogen-bond acceptors (Lipinski definition) is 4. The average Bonchev–Trinajstić information content (AvgIpc) is 2.36. The third-order valence-corrected chi connectivity index (χ3v) is 2.68. The molecule has 2 unspecified atom stereocenters. The SMILES string of the molecule is CCCC(=O)NC(CO)C(O)c1ccc(N)cc1. The first kappa shape index (κ1) is 14.5. The van der Waals surface area contributed by atoms with Gasteiger partial charge in [-0.05, 0) is 24.1 Å². The van der Waals surface area contributed by atoms with E-state index in [0.29, 0.717) is 17.7 Å². The molecule has 0 aliphatic rings. The van der Waals surface area contributed by atoms with E-state index >= 15 is 0 Å². The third kappa shape index (κ3) is 4.01. The molecule has 0 bridgehead atoms. The van der Waals surface area contributed by atoms with Crippen LogP contribution < -0.4 is 11.1 Å². The van der Waals surface area contributed by atoms with Gasteiger partial charge in [-0.25, -0.2) is 0 Å². The van der Waals surface area contributed by atoms with Crippen molar-refractivity contribution in [3.8, 4) is 0 Å². The van der Waals surface area contributed by atoms with Crippen molar-refractivity contribution in [1.82, 2.24) is 5.32 Å². The molecule has 18 heavy (non-hydrogen) atoms. The predicted octanol–water partition coefficient (Wildman–Crippen LogP) is 0.579. The van der Waals surface area contributed by atoms with Gasteiger partial charge in [-0.3, -0.25) is 4.79 Å². The Balaban J connectivity index is 2.69. The molecule has 5 N–H and O–H groups in total. The van der Waals surface area contributed by atoms with E-state index in [0.717, 1.165) is 6.42 Å². The van der Waals surface area contributed by atoms with Crippen LogP contribution in [0.4, 0.5) is 5.69 Å². The van der Waals surface area contributed by atoms with E-state index in [9.17, 15) is 15.0 Å². The van der Waals surface area contributed by atoms with Crippen molar-refractivity contribution < 1.29 is 15.0 Å². The Kier molecular flexibility index (Phi) is 5.61. The van der Waals surface area contributed by atoms with Crippen LogP contribution in [0.2, 0.25) is 0 Å². The summed E-state index contributed by atoms with van der Waals surface area (Å²) in [6.45, 7) is 1.57. The second kappa shape index (κ2) is 6.98. The van der Waals surface area contributed by atoms with Gasteiger partial charge in [-0.15, -0.1) is 0 Å². The molecule has 0 aliphatic carbocycles. The number of benzene rings is 1. The lowest BCUT2D eigenvalue weighted by molar-refractivity contribution is -0.123. The molecule has 0 heterocycles. The Labute approximate surface area is 107 Å². The fourth-order valence-electron chi connectivity index (χ4n) is 1.66.